The van der Waals surface area contributed by atoms with Crippen molar-refractivity contribution in [3.63, 3.8) is 0 Å². The molecule has 0 spiro atoms. The van der Waals surface area contributed by atoms with Gasteiger partial charge in [0.05, 0.1) is 16.8 Å². The predicted molar refractivity (Wildman–Crippen MR) is 91.7 cm³/mol. The van der Waals surface area contributed by atoms with Crippen LogP contribution in [0.5, 0.6) is 0 Å². The van der Waals surface area contributed by atoms with E-state index in [1.165, 1.54) is 25.1 Å². The fourth-order valence-corrected chi connectivity index (χ4v) is 2.72. The van der Waals surface area contributed by atoms with Gasteiger partial charge in [-0.1, -0.05) is 18.2 Å². The molecule has 134 valence electrons. The number of H-pyrrole nitrogens is 1. The molecule has 1 aromatic heterocycles. The van der Waals surface area contributed by atoms with E-state index in [1.54, 1.807) is 12.1 Å². The summed E-state index contributed by atoms with van der Waals surface area (Å²) in [6.45, 7) is 1.09. The summed E-state index contributed by atoms with van der Waals surface area (Å²) < 4.78 is 27.6. The molecule has 0 saturated carbocycles. The fraction of sp³-hybridized carbons (Fsp3) is 0.167. The van der Waals surface area contributed by atoms with E-state index < -0.39 is 41.2 Å². The van der Waals surface area contributed by atoms with Crippen LogP contribution in [0.15, 0.2) is 52.1 Å². The summed E-state index contributed by atoms with van der Waals surface area (Å²) in [6.07, 6.45) is 0. The highest BCUT2D eigenvalue weighted by Gasteiger charge is 2.16. The second kappa shape index (κ2) is 6.91. The molecule has 0 saturated heterocycles. The number of amides is 1. The van der Waals surface area contributed by atoms with Crippen LogP contribution >= 0.6 is 0 Å². The number of benzene rings is 2. The van der Waals surface area contributed by atoms with Gasteiger partial charge in [0, 0.05) is 11.6 Å². The number of halogens is 2. The molecular formula is C18H15F2N3O3. The van der Waals surface area contributed by atoms with Crippen LogP contribution in [-0.4, -0.2) is 15.7 Å². The quantitative estimate of drug-likeness (QED) is 0.746. The maximum absolute atomic E-state index is 13.8. The first-order valence-electron chi connectivity index (χ1n) is 7.83. The molecule has 2 aromatic carbocycles. The van der Waals surface area contributed by atoms with E-state index in [-0.39, 0.29) is 16.3 Å². The van der Waals surface area contributed by atoms with Crippen molar-refractivity contribution >= 4 is 16.7 Å². The maximum Gasteiger partial charge on any atom is 0.273 e. The lowest BCUT2D eigenvalue weighted by atomic mass is 10.1. The monoisotopic (exact) mass is 359 g/mol. The van der Waals surface area contributed by atoms with Crippen molar-refractivity contribution < 1.29 is 13.6 Å². The first kappa shape index (κ1) is 17.5. The predicted octanol–water partition coefficient (Wildman–Crippen LogP) is 1.85. The van der Waals surface area contributed by atoms with Gasteiger partial charge in [-0.25, -0.2) is 13.5 Å². The minimum atomic E-state index is -0.783. The number of nitrogens with one attached hydrogen (secondary N) is 2. The number of aromatic amines is 1. The molecule has 3 aromatic rings. The highest BCUT2D eigenvalue weighted by atomic mass is 19.1. The third-order valence-corrected chi connectivity index (χ3v) is 3.99. The normalized spacial score (nSPS) is 12.1. The molecule has 2 N–H and O–H groups in total. The number of nitrogens with zero attached hydrogens (tertiary/aromatic N) is 1. The second-order valence-electron chi connectivity index (χ2n) is 5.83. The number of fused-ring (bicyclic) bond motifs is 1. The number of carbonyl (C=O) groups excluding carboxylic acids is 1. The number of hydrogen-bond acceptors (Lipinski definition) is 3. The molecule has 6 nitrogen and oxygen atoms in total. The van der Waals surface area contributed by atoms with Gasteiger partial charge < -0.3 is 5.32 Å². The van der Waals surface area contributed by atoms with Crippen LogP contribution in [-0.2, 0) is 11.3 Å². The summed E-state index contributed by atoms with van der Waals surface area (Å²) in [6, 6.07) is 8.57. The van der Waals surface area contributed by atoms with Crippen molar-refractivity contribution in [2.24, 2.45) is 0 Å². The summed E-state index contributed by atoms with van der Waals surface area (Å²) >= 11 is 0. The van der Waals surface area contributed by atoms with E-state index in [4.69, 9.17) is 0 Å². The van der Waals surface area contributed by atoms with E-state index >= 15 is 0 Å². The Morgan fingerprint density at radius 3 is 2.54 bits per heavy atom. The Labute approximate surface area is 146 Å². The van der Waals surface area contributed by atoms with Crippen LogP contribution in [0.2, 0.25) is 0 Å². The molecule has 0 aliphatic rings. The topological polar surface area (TPSA) is 84.0 Å². The Bertz CT molecular complexity index is 1100. The van der Waals surface area contributed by atoms with Crippen LogP contribution in [0, 0.1) is 11.6 Å². The summed E-state index contributed by atoms with van der Waals surface area (Å²) in [4.78, 5) is 36.6. The van der Waals surface area contributed by atoms with Gasteiger partial charge in [0.25, 0.3) is 11.1 Å². The average molecular weight is 359 g/mol. The molecule has 1 heterocycles. The van der Waals surface area contributed by atoms with Crippen LogP contribution < -0.4 is 16.4 Å². The summed E-state index contributed by atoms with van der Waals surface area (Å²) in [5.41, 5.74) is -0.902. The molecule has 0 bridgehead atoms. The van der Waals surface area contributed by atoms with E-state index in [0.717, 1.165) is 16.8 Å². The summed E-state index contributed by atoms with van der Waals surface area (Å²) in [7, 11) is 0. The van der Waals surface area contributed by atoms with Crippen molar-refractivity contribution in [2.75, 3.05) is 0 Å². The number of carbonyl (C=O) groups is 1. The molecule has 0 fully saturated rings. The molecule has 1 amide bonds. The highest BCUT2D eigenvalue weighted by Crippen LogP contribution is 2.17. The van der Waals surface area contributed by atoms with E-state index in [0.29, 0.717) is 0 Å². The number of rotatable bonds is 4. The van der Waals surface area contributed by atoms with Gasteiger partial charge in [-0.15, -0.1) is 0 Å². The summed E-state index contributed by atoms with van der Waals surface area (Å²) in [5.74, 6) is -2.10. The van der Waals surface area contributed by atoms with Crippen molar-refractivity contribution in [1.82, 2.24) is 15.1 Å². The molecule has 8 heteroatoms. The lowest BCUT2D eigenvalue weighted by Crippen LogP contribution is -2.37. The van der Waals surface area contributed by atoms with Crippen LogP contribution in [0.25, 0.3) is 10.8 Å². The first-order valence-corrected chi connectivity index (χ1v) is 7.83. The Hall–Kier alpha value is -3.29. The molecule has 1 unspecified atom stereocenters. The van der Waals surface area contributed by atoms with Crippen LogP contribution in [0.1, 0.15) is 18.5 Å². The highest BCUT2D eigenvalue weighted by molar-refractivity contribution is 5.81. The van der Waals surface area contributed by atoms with Crippen LogP contribution in [0.4, 0.5) is 8.78 Å². The molecule has 3 rings (SSSR count). The van der Waals surface area contributed by atoms with Gasteiger partial charge in [0.2, 0.25) is 5.91 Å². The molecule has 1 atom stereocenters. The average Bonchev–Trinajstić information content (AvgIpc) is 2.59. The van der Waals surface area contributed by atoms with Gasteiger partial charge in [-0.3, -0.25) is 19.5 Å². The summed E-state index contributed by atoms with van der Waals surface area (Å²) in [5, 5.41) is 5.29. The maximum atomic E-state index is 13.8. The minimum Gasteiger partial charge on any atom is -0.348 e. The van der Waals surface area contributed by atoms with Crippen molar-refractivity contribution in [3.8, 4) is 0 Å². The zero-order chi connectivity index (χ0) is 18.8. The van der Waals surface area contributed by atoms with Crippen LogP contribution in [0.3, 0.4) is 0 Å². The lowest BCUT2D eigenvalue weighted by molar-refractivity contribution is -0.122. The zero-order valence-corrected chi connectivity index (χ0v) is 13.8. The molecule has 0 radical (unpaired) electrons. The van der Waals surface area contributed by atoms with Gasteiger partial charge >= 0.3 is 0 Å². The van der Waals surface area contributed by atoms with E-state index in [1.807, 2.05) is 0 Å². The van der Waals surface area contributed by atoms with Gasteiger partial charge in [0.1, 0.15) is 18.2 Å². The number of hydrogen-bond donors (Lipinski definition) is 2. The van der Waals surface area contributed by atoms with Gasteiger partial charge in [-0.05, 0) is 25.1 Å². The Balaban J connectivity index is 1.82. The Kier molecular flexibility index (Phi) is 4.66. The third kappa shape index (κ3) is 3.39. The van der Waals surface area contributed by atoms with Gasteiger partial charge in [0.15, 0.2) is 0 Å². The SMILES string of the molecule is CC(NC(=O)Cn1[nH]c(=O)c2ccccc2c1=O)c1ccc(F)cc1F. The Morgan fingerprint density at radius 2 is 1.85 bits per heavy atom. The zero-order valence-electron chi connectivity index (χ0n) is 13.8. The first-order chi connectivity index (χ1) is 12.4. The Morgan fingerprint density at radius 1 is 1.15 bits per heavy atom. The third-order valence-electron chi connectivity index (χ3n) is 3.99. The molecular weight excluding hydrogens is 344 g/mol. The van der Waals surface area contributed by atoms with Crippen molar-refractivity contribution in [1.29, 1.82) is 0 Å². The number of aromatic nitrogens is 2. The van der Waals surface area contributed by atoms with Crippen molar-refractivity contribution in [2.45, 2.75) is 19.5 Å². The molecule has 26 heavy (non-hydrogen) atoms. The second-order valence-corrected chi connectivity index (χ2v) is 5.83. The smallest absolute Gasteiger partial charge is 0.273 e. The standard InChI is InChI=1S/C18H15F2N3O3/c1-10(12-7-6-11(19)8-15(12)20)21-16(24)9-23-18(26)14-5-3-2-4-13(14)17(25)22-23/h2-8,10H,9H2,1H3,(H,21,24)(H,22,25). The molecule has 0 aliphatic carbocycles. The minimum absolute atomic E-state index is 0.110. The van der Waals surface area contributed by atoms with Crippen molar-refractivity contribution in [3.05, 3.63) is 80.4 Å². The van der Waals surface area contributed by atoms with Gasteiger partial charge in [-0.2, -0.15) is 0 Å². The fourth-order valence-electron chi connectivity index (χ4n) is 2.72. The molecule has 0 aliphatic heterocycles. The lowest BCUT2D eigenvalue weighted by Gasteiger charge is -2.15. The largest absolute Gasteiger partial charge is 0.348 e. The van der Waals surface area contributed by atoms with E-state index in [9.17, 15) is 23.2 Å². The van der Waals surface area contributed by atoms with E-state index in [2.05, 4.69) is 10.4 Å².